The first-order valence-corrected chi connectivity index (χ1v) is 8.08. The molecule has 0 radical (unpaired) electrons. The van der Waals surface area contributed by atoms with E-state index in [-0.39, 0.29) is 11.9 Å². The van der Waals surface area contributed by atoms with Gasteiger partial charge >= 0.3 is 0 Å². The Morgan fingerprint density at radius 3 is 2.57 bits per heavy atom. The molecule has 0 saturated carbocycles. The first-order chi connectivity index (χ1) is 11.1. The minimum Gasteiger partial charge on any atom is -0.496 e. The van der Waals surface area contributed by atoms with Crippen LogP contribution >= 0.6 is 0 Å². The second-order valence-electron chi connectivity index (χ2n) is 5.86. The van der Waals surface area contributed by atoms with Gasteiger partial charge in [0.15, 0.2) is 0 Å². The van der Waals surface area contributed by atoms with Crippen LogP contribution in [0.2, 0.25) is 0 Å². The fourth-order valence-corrected chi connectivity index (χ4v) is 2.69. The van der Waals surface area contributed by atoms with Crippen LogP contribution < -0.4 is 10.1 Å². The molecule has 0 spiro atoms. The van der Waals surface area contributed by atoms with E-state index in [9.17, 15) is 4.79 Å². The van der Waals surface area contributed by atoms with Crippen molar-refractivity contribution >= 4 is 5.91 Å². The fraction of sp³-hybridized carbons (Fsp3) is 0.350. The maximum Gasteiger partial charge on any atom is 0.220 e. The molecule has 0 saturated heterocycles. The average Bonchev–Trinajstić information content (AvgIpc) is 2.56. The topological polar surface area (TPSA) is 38.3 Å². The molecule has 0 aliphatic carbocycles. The summed E-state index contributed by atoms with van der Waals surface area (Å²) in [6.07, 6.45) is 2.29. The second kappa shape index (κ2) is 8.37. The molecule has 3 heteroatoms. The van der Waals surface area contributed by atoms with Crippen molar-refractivity contribution in [2.24, 2.45) is 0 Å². The number of aryl methyl sites for hydroxylation is 2. The smallest absolute Gasteiger partial charge is 0.220 e. The second-order valence-corrected chi connectivity index (χ2v) is 5.86. The molecule has 0 bridgehead atoms. The maximum absolute atomic E-state index is 12.1. The summed E-state index contributed by atoms with van der Waals surface area (Å²) in [7, 11) is 1.68. The molecule has 0 aliphatic heterocycles. The van der Waals surface area contributed by atoms with Crippen LogP contribution in [0.4, 0.5) is 0 Å². The lowest BCUT2D eigenvalue weighted by atomic mass is 10.0. The van der Waals surface area contributed by atoms with Crippen LogP contribution in [0.15, 0.2) is 48.5 Å². The zero-order chi connectivity index (χ0) is 16.7. The van der Waals surface area contributed by atoms with Crippen LogP contribution in [0, 0.1) is 6.92 Å². The lowest BCUT2D eigenvalue weighted by Gasteiger charge is -2.14. The number of benzene rings is 2. The number of nitrogens with one attached hydrogen (secondary N) is 1. The lowest BCUT2D eigenvalue weighted by Crippen LogP contribution is -2.26. The van der Waals surface area contributed by atoms with E-state index >= 15 is 0 Å². The molecule has 122 valence electrons. The summed E-state index contributed by atoms with van der Waals surface area (Å²) in [5.74, 6) is 1.01. The van der Waals surface area contributed by atoms with Gasteiger partial charge in [0.25, 0.3) is 0 Å². The Kier molecular flexibility index (Phi) is 6.21. The van der Waals surface area contributed by atoms with Gasteiger partial charge in [0.2, 0.25) is 5.91 Å². The third-order valence-electron chi connectivity index (χ3n) is 4.01. The van der Waals surface area contributed by atoms with E-state index in [1.807, 2.05) is 50.2 Å². The average molecular weight is 311 g/mol. The molecule has 1 amide bonds. The van der Waals surface area contributed by atoms with Crippen molar-refractivity contribution in [3.8, 4) is 5.75 Å². The first-order valence-electron chi connectivity index (χ1n) is 8.08. The molecule has 1 N–H and O–H groups in total. The highest BCUT2D eigenvalue weighted by atomic mass is 16.5. The highest BCUT2D eigenvalue weighted by Crippen LogP contribution is 2.19. The zero-order valence-corrected chi connectivity index (χ0v) is 14.1. The molecular weight excluding hydrogens is 286 g/mol. The van der Waals surface area contributed by atoms with Gasteiger partial charge in [-0.2, -0.15) is 0 Å². The van der Waals surface area contributed by atoms with Crippen LogP contribution in [0.3, 0.4) is 0 Å². The van der Waals surface area contributed by atoms with Gasteiger partial charge in [-0.3, -0.25) is 4.79 Å². The van der Waals surface area contributed by atoms with E-state index in [0.29, 0.717) is 6.42 Å². The van der Waals surface area contributed by atoms with Crippen molar-refractivity contribution in [2.75, 3.05) is 7.11 Å². The highest BCUT2D eigenvalue weighted by molar-refractivity contribution is 5.76. The standard InChI is InChI=1S/C20H25NO2/c1-15-14-17(12-13-19(15)23-3)8-7-11-20(22)21-16(2)18-9-5-4-6-10-18/h4-6,9-10,12-14,16H,7-8,11H2,1-3H3,(H,21,22)/t16-/m1/s1. The summed E-state index contributed by atoms with van der Waals surface area (Å²) in [6, 6.07) is 16.3. The Hall–Kier alpha value is -2.29. The number of hydrogen-bond acceptors (Lipinski definition) is 2. The maximum atomic E-state index is 12.1. The predicted octanol–water partition coefficient (Wildman–Crippen LogP) is 4.20. The van der Waals surface area contributed by atoms with Gasteiger partial charge in [-0.15, -0.1) is 0 Å². The minimum atomic E-state index is 0.0481. The fourth-order valence-electron chi connectivity index (χ4n) is 2.69. The number of carbonyl (C=O) groups excluding carboxylic acids is 1. The Balaban J connectivity index is 1.77. The highest BCUT2D eigenvalue weighted by Gasteiger charge is 2.09. The van der Waals surface area contributed by atoms with Gasteiger partial charge in [0, 0.05) is 6.42 Å². The van der Waals surface area contributed by atoms with Crippen LogP contribution in [0.1, 0.15) is 42.5 Å². The molecule has 3 nitrogen and oxygen atoms in total. The van der Waals surface area contributed by atoms with Gasteiger partial charge in [0.1, 0.15) is 5.75 Å². The van der Waals surface area contributed by atoms with E-state index in [4.69, 9.17) is 4.74 Å². The van der Waals surface area contributed by atoms with E-state index < -0.39 is 0 Å². The van der Waals surface area contributed by atoms with Crippen LogP contribution in [-0.2, 0) is 11.2 Å². The Morgan fingerprint density at radius 1 is 1.17 bits per heavy atom. The normalized spacial score (nSPS) is 11.8. The lowest BCUT2D eigenvalue weighted by molar-refractivity contribution is -0.121. The molecule has 0 heterocycles. The molecule has 0 aliphatic rings. The van der Waals surface area contributed by atoms with Gasteiger partial charge in [-0.25, -0.2) is 0 Å². The van der Waals surface area contributed by atoms with Crippen molar-refractivity contribution in [1.29, 1.82) is 0 Å². The van der Waals surface area contributed by atoms with Crippen molar-refractivity contribution in [1.82, 2.24) is 5.32 Å². The Bertz CT molecular complexity index is 637. The van der Waals surface area contributed by atoms with Crippen molar-refractivity contribution in [2.45, 2.75) is 39.2 Å². The Labute approximate surface area is 138 Å². The molecule has 1 atom stereocenters. The third kappa shape index (κ3) is 5.13. The van der Waals surface area contributed by atoms with Crippen molar-refractivity contribution in [3.05, 3.63) is 65.2 Å². The molecule has 2 aromatic rings. The summed E-state index contributed by atoms with van der Waals surface area (Å²) >= 11 is 0. The van der Waals surface area contributed by atoms with E-state index in [2.05, 4.69) is 17.4 Å². The minimum absolute atomic E-state index is 0.0481. The number of ether oxygens (including phenoxy) is 1. The van der Waals surface area contributed by atoms with E-state index in [1.54, 1.807) is 7.11 Å². The number of methoxy groups -OCH3 is 1. The largest absolute Gasteiger partial charge is 0.496 e. The molecular formula is C20H25NO2. The van der Waals surface area contributed by atoms with Crippen molar-refractivity contribution in [3.63, 3.8) is 0 Å². The Morgan fingerprint density at radius 2 is 1.91 bits per heavy atom. The first kappa shape index (κ1) is 17.1. The van der Waals surface area contributed by atoms with Crippen LogP contribution in [0.5, 0.6) is 5.75 Å². The van der Waals surface area contributed by atoms with Crippen LogP contribution in [0.25, 0.3) is 0 Å². The molecule has 0 unspecified atom stereocenters. The van der Waals surface area contributed by atoms with E-state index in [0.717, 1.165) is 29.7 Å². The molecule has 0 fully saturated rings. The van der Waals surface area contributed by atoms with Gasteiger partial charge in [-0.05, 0) is 49.4 Å². The summed E-state index contributed by atoms with van der Waals surface area (Å²) in [6.45, 7) is 4.05. The molecule has 0 aromatic heterocycles. The summed E-state index contributed by atoms with van der Waals surface area (Å²) in [5.41, 5.74) is 3.51. The summed E-state index contributed by atoms with van der Waals surface area (Å²) in [5, 5.41) is 3.05. The van der Waals surface area contributed by atoms with Gasteiger partial charge in [0.05, 0.1) is 13.2 Å². The number of hydrogen-bond donors (Lipinski definition) is 1. The third-order valence-corrected chi connectivity index (χ3v) is 4.01. The van der Waals surface area contributed by atoms with Gasteiger partial charge in [-0.1, -0.05) is 42.5 Å². The predicted molar refractivity (Wildman–Crippen MR) is 93.7 cm³/mol. The van der Waals surface area contributed by atoms with E-state index in [1.165, 1.54) is 5.56 Å². The number of rotatable bonds is 7. The monoisotopic (exact) mass is 311 g/mol. The quantitative estimate of drug-likeness (QED) is 0.832. The molecule has 23 heavy (non-hydrogen) atoms. The number of carbonyl (C=O) groups is 1. The van der Waals surface area contributed by atoms with Crippen molar-refractivity contribution < 1.29 is 9.53 Å². The van der Waals surface area contributed by atoms with Crippen LogP contribution in [-0.4, -0.2) is 13.0 Å². The zero-order valence-electron chi connectivity index (χ0n) is 14.1. The summed E-state index contributed by atoms with van der Waals surface area (Å²) < 4.78 is 5.26. The number of amides is 1. The molecule has 2 aromatic carbocycles. The van der Waals surface area contributed by atoms with Gasteiger partial charge < -0.3 is 10.1 Å². The SMILES string of the molecule is COc1ccc(CCCC(=O)N[C@H](C)c2ccccc2)cc1C. The summed E-state index contributed by atoms with van der Waals surface area (Å²) in [4.78, 5) is 12.1. The molecule has 2 rings (SSSR count).